The molecule has 2 heterocycles. The Kier molecular flexibility index (Phi) is 12.8. The molecule has 0 saturated heterocycles. The first-order valence-corrected chi connectivity index (χ1v) is 17.2. The Labute approximate surface area is 265 Å². The molecule has 241 valence electrons. The molecule has 1 amide bonds. The number of fused-ring (bicyclic) bond motifs is 1. The average molecular weight is 708 g/mol. The molecule has 1 radical (unpaired) electrons. The van der Waals surface area contributed by atoms with Crippen LogP contribution in [0.5, 0.6) is 11.5 Å². The van der Waals surface area contributed by atoms with E-state index in [1.54, 1.807) is 38.7 Å². The zero-order valence-electron chi connectivity index (χ0n) is 24.7. The number of phosphoric acid groups is 1. The van der Waals surface area contributed by atoms with Crippen molar-refractivity contribution in [2.75, 3.05) is 59.0 Å². The molecule has 4 aromatic rings. The second-order valence-electron chi connectivity index (χ2n) is 9.64. The molecule has 17 heteroatoms. The standard InChI is InChI=1S/C28H34AsFN6O8P/c1-41-11-8-35(9-12-44-45(38,39)40)7-4-10-43-26-15-24-23(14-25(26)42-2)28(32-19-31-24)29-20-16-33-36(17-20)18-27(37)34-22-6-3-5-21(30)13-22/h3,5-6,13-17,19H,4,7-12,18H2,1-2H3,(H,34,37)(H2,38,39,40). The number of hydrogen-bond acceptors (Lipinski definition) is 10. The molecule has 45 heavy (non-hydrogen) atoms. The molecule has 14 nitrogen and oxygen atoms in total. The van der Waals surface area contributed by atoms with Crippen LogP contribution in [0.25, 0.3) is 10.9 Å². The Morgan fingerprint density at radius 2 is 1.91 bits per heavy atom. The SMILES string of the molecule is COCCN(CCCOc1cc2ncnc([As]c3cnn(CC(=O)Nc4cccc(F)c4)c3)c2cc1OC)CCOP(=O)(O)O. The topological polar surface area (TPSA) is 170 Å². The quantitative estimate of drug-likeness (QED) is 0.0766. The van der Waals surface area contributed by atoms with Crippen LogP contribution in [0.15, 0.2) is 55.1 Å². The number of ether oxygens (including phenoxy) is 3. The van der Waals surface area contributed by atoms with Gasteiger partial charge in [0.15, 0.2) is 0 Å². The van der Waals surface area contributed by atoms with Crippen LogP contribution in [0.2, 0.25) is 0 Å². The third kappa shape index (κ3) is 11.2. The van der Waals surface area contributed by atoms with E-state index in [4.69, 9.17) is 24.0 Å². The van der Waals surface area contributed by atoms with E-state index in [1.807, 2.05) is 11.0 Å². The number of nitrogens with one attached hydrogen (secondary N) is 1. The van der Waals surface area contributed by atoms with Crippen LogP contribution in [0.1, 0.15) is 6.42 Å². The number of anilines is 1. The fraction of sp³-hybridized carbons (Fsp3) is 0.357. The Morgan fingerprint density at radius 3 is 2.67 bits per heavy atom. The molecule has 0 aliphatic carbocycles. The van der Waals surface area contributed by atoms with E-state index >= 15 is 0 Å². The summed E-state index contributed by atoms with van der Waals surface area (Å²) in [6, 6.07) is 9.34. The normalized spacial score (nSPS) is 12.0. The van der Waals surface area contributed by atoms with Crippen LogP contribution in [-0.4, -0.2) is 110 Å². The Morgan fingerprint density at radius 1 is 1.09 bits per heavy atom. The van der Waals surface area contributed by atoms with E-state index in [0.29, 0.717) is 62.0 Å². The summed E-state index contributed by atoms with van der Waals surface area (Å²) in [5, 5.41) is 7.78. The molecule has 0 aliphatic rings. The number of methoxy groups -OCH3 is 2. The molecule has 4 rings (SSSR count). The molecule has 0 aliphatic heterocycles. The molecular formula is C28H34AsFN6O8P. The van der Waals surface area contributed by atoms with Crippen molar-refractivity contribution < 1.29 is 42.3 Å². The summed E-state index contributed by atoms with van der Waals surface area (Å²) in [6.07, 6.45) is 5.62. The Balaban J connectivity index is 1.36. The van der Waals surface area contributed by atoms with Crippen molar-refractivity contribution in [1.29, 1.82) is 0 Å². The fourth-order valence-corrected chi connectivity index (χ4v) is 6.58. The second-order valence-corrected chi connectivity index (χ2v) is 13.3. The molecule has 2 aromatic carbocycles. The van der Waals surface area contributed by atoms with E-state index in [9.17, 15) is 13.8 Å². The monoisotopic (exact) mass is 707 g/mol. The van der Waals surface area contributed by atoms with E-state index in [-0.39, 0.29) is 19.1 Å². The summed E-state index contributed by atoms with van der Waals surface area (Å²) in [5.74, 6) is 0.289. The van der Waals surface area contributed by atoms with Gasteiger partial charge in [0.2, 0.25) is 0 Å². The molecule has 2 aromatic heterocycles. The third-order valence-electron chi connectivity index (χ3n) is 6.32. The van der Waals surface area contributed by atoms with Gasteiger partial charge < -0.3 is 14.5 Å². The van der Waals surface area contributed by atoms with Crippen LogP contribution in [0, 0.1) is 5.82 Å². The first kappa shape index (κ1) is 34.5. The van der Waals surface area contributed by atoms with Gasteiger partial charge in [-0.3, -0.25) is 4.52 Å². The minimum absolute atomic E-state index is 0.0258. The zero-order chi connectivity index (χ0) is 32.2. The number of amides is 1. The van der Waals surface area contributed by atoms with Crippen molar-refractivity contribution in [3.05, 3.63) is 60.9 Å². The van der Waals surface area contributed by atoms with E-state index in [1.165, 1.54) is 29.2 Å². The van der Waals surface area contributed by atoms with Gasteiger partial charge >= 0.3 is 235 Å². The van der Waals surface area contributed by atoms with E-state index in [0.717, 1.165) is 14.2 Å². The van der Waals surface area contributed by atoms with Crippen molar-refractivity contribution in [2.24, 2.45) is 0 Å². The number of hydrogen-bond donors (Lipinski definition) is 3. The Bertz CT molecular complexity index is 1620. The molecule has 3 N–H and O–H groups in total. The predicted molar refractivity (Wildman–Crippen MR) is 165 cm³/mol. The summed E-state index contributed by atoms with van der Waals surface area (Å²) in [7, 11) is -1.38. The summed E-state index contributed by atoms with van der Waals surface area (Å²) in [6.45, 7) is 2.19. The van der Waals surface area contributed by atoms with Crippen LogP contribution < -0.4 is 23.6 Å². The summed E-state index contributed by atoms with van der Waals surface area (Å²) in [4.78, 5) is 41.2. The van der Waals surface area contributed by atoms with Crippen molar-refractivity contribution in [3.8, 4) is 11.5 Å². The molecular weight excluding hydrogens is 673 g/mol. The van der Waals surface area contributed by atoms with Crippen molar-refractivity contribution in [3.63, 3.8) is 0 Å². The van der Waals surface area contributed by atoms with Gasteiger partial charge in [0, 0.05) is 7.11 Å². The molecule has 0 fully saturated rings. The third-order valence-corrected chi connectivity index (χ3v) is 9.06. The summed E-state index contributed by atoms with van der Waals surface area (Å²) in [5.41, 5.74) is 1.06. The zero-order valence-corrected chi connectivity index (χ0v) is 27.5. The van der Waals surface area contributed by atoms with Crippen LogP contribution >= 0.6 is 7.82 Å². The van der Waals surface area contributed by atoms with Gasteiger partial charge in [-0.2, -0.15) is 0 Å². The van der Waals surface area contributed by atoms with Crippen LogP contribution in [0.3, 0.4) is 0 Å². The number of rotatable bonds is 18. The van der Waals surface area contributed by atoms with Gasteiger partial charge in [-0.05, 0) is 0 Å². The summed E-state index contributed by atoms with van der Waals surface area (Å²) >= 11 is -0.608. The van der Waals surface area contributed by atoms with Crippen molar-refractivity contribution >= 4 is 54.9 Å². The first-order chi connectivity index (χ1) is 21.6. The van der Waals surface area contributed by atoms with Gasteiger partial charge in [0.1, 0.15) is 0 Å². The number of phosphoric ester groups is 1. The molecule has 0 spiro atoms. The van der Waals surface area contributed by atoms with Gasteiger partial charge in [-0.1, -0.05) is 0 Å². The molecule has 0 unspecified atom stereocenters. The van der Waals surface area contributed by atoms with Gasteiger partial charge in [0.25, 0.3) is 0 Å². The number of benzene rings is 2. The van der Waals surface area contributed by atoms with Crippen molar-refractivity contribution in [2.45, 2.75) is 13.0 Å². The fourth-order valence-electron chi connectivity index (χ4n) is 4.26. The van der Waals surface area contributed by atoms with E-state index in [2.05, 4.69) is 24.9 Å². The van der Waals surface area contributed by atoms with Crippen LogP contribution in [-0.2, 0) is 25.2 Å². The van der Waals surface area contributed by atoms with Crippen LogP contribution in [0.4, 0.5) is 10.1 Å². The minimum Gasteiger partial charge on any atom is -0.303 e. The Hall–Kier alpha value is -3.42. The van der Waals surface area contributed by atoms with E-state index < -0.39 is 29.4 Å². The molecule has 0 atom stereocenters. The number of carbonyl (C=O) groups excluding carboxylic acids is 1. The number of carbonyl (C=O) groups is 1. The second kappa shape index (κ2) is 16.8. The smallest absolute Gasteiger partial charge is 0.303 e. The first-order valence-electron chi connectivity index (χ1n) is 13.8. The van der Waals surface area contributed by atoms with Gasteiger partial charge in [-0.25, -0.2) is 4.57 Å². The number of halogens is 1. The van der Waals surface area contributed by atoms with Gasteiger partial charge in [-0.15, -0.1) is 0 Å². The van der Waals surface area contributed by atoms with Gasteiger partial charge in [0.05, 0.1) is 0 Å². The predicted octanol–water partition coefficient (Wildman–Crippen LogP) is 1.09. The van der Waals surface area contributed by atoms with Crippen molar-refractivity contribution in [1.82, 2.24) is 24.6 Å². The minimum atomic E-state index is -4.52. The summed E-state index contributed by atoms with van der Waals surface area (Å²) < 4.78 is 49.0. The number of nitrogens with zero attached hydrogens (tertiary/aromatic N) is 5. The maximum atomic E-state index is 13.4. The molecule has 0 saturated carbocycles. The average Bonchev–Trinajstić information content (AvgIpc) is 3.43. The number of aromatic nitrogens is 4. The molecule has 0 bridgehead atoms. The maximum absolute atomic E-state index is 13.4.